The van der Waals surface area contributed by atoms with Crippen LogP contribution in [0.25, 0.3) is 11.1 Å². The van der Waals surface area contributed by atoms with E-state index in [1.54, 1.807) is 28.4 Å². The van der Waals surface area contributed by atoms with Gasteiger partial charge in [-0.15, -0.1) is 0 Å². The van der Waals surface area contributed by atoms with Crippen molar-refractivity contribution in [1.82, 2.24) is 0 Å². The van der Waals surface area contributed by atoms with E-state index in [1.807, 2.05) is 6.07 Å². The van der Waals surface area contributed by atoms with Crippen molar-refractivity contribution >= 4 is 15.9 Å². The highest BCUT2D eigenvalue weighted by Gasteiger charge is 2.34. The maximum atomic E-state index is 11.3. The van der Waals surface area contributed by atoms with Gasteiger partial charge >= 0.3 is 0 Å². The minimum atomic E-state index is 0.0149. The summed E-state index contributed by atoms with van der Waals surface area (Å²) in [5.74, 6) is 3.10. The summed E-state index contributed by atoms with van der Waals surface area (Å²) in [6, 6.07) is 1.97. The first-order valence-electron chi connectivity index (χ1n) is 9.81. The molecule has 0 radical (unpaired) electrons. The van der Waals surface area contributed by atoms with Crippen LogP contribution in [0.3, 0.4) is 0 Å². The zero-order chi connectivity index (χ0) is 22.2. The van der Waals surface area contributed by atoms with E-state index in [9.17, 15) is 5.11 Å². The summed E-state index contributed by atoms with van der Waals surface area (Å²) in [4.78, 5) is 0. The number of ether oxygens (including phenoxy) is 5. The summed E-state index contributed by atoms with van der Waals surface area (Å²) in [7, 11) is 7.85. The van der Waals surface area contributed by atoms with Gasteiger partial charge in [0.05, 0.1) is 40.0 Å². The standard InChI is InChI=1S/C23H29BrO6/c1-11-8-13-10-15(26-3)20(27-4)21(28-5)16(13)17-14(9-12(11)2)18(24)22(29-6)23(30-7)19(17)25/h10-12,25H,8-9H2,1-7H3/t11-,12+/m1/s1. The Kier molecular flexibility index (Phi) is 6.60. The van der Waals surface area contributed by atoms with Crippen LogP contribution in [0.5, 0.6) is 34.5 Å². The Balaban J connectivity index is 2.54. The number of fused-ring (bicyclic) bond motifs is 3. The zero-order valence-corrected chi connectivity index (χ0v) is 20.1. The van der Waals surface area contributed by atoms with Crippen LogP contribution in [-0.4, -0.2) is 40.7 Å². The van der Waals surface area contributed by atoms with E-state index in [2.05, 4.69) is 29.8 Å². The third-order valence-electron chi connectivity index (χ3n) is 6.03. The molecule has 2 aromatic carbocycles. The molecule has 0 aromatic heterocycles. The summed E-state index contributed by atoms with van der Waals surface area (Å²) in [5, 5.41) is 11.3. The molecule has 30 heavy (non-hydrogen) atoms. The molecule has 0 spiro atoms. The van der Waals surface area contributed by atoms with E-state index in [-0.39, 0.29) is 11.5 Å². The molecule has 2 atom stereocenters. The van der Waals surface area contributed by atoms with E-state index >= 15 is 0 Å². The van der Waals surface area contributed by atoms with Gasteiger partial charge in [-0.05, 0) is 57.8 Å². The van der Waals surface area contributed by atoms with Crippen molar-refractivity contribution < 1.29 is 28.8 Å². The van der Waals surface area contributed by atoms with Crippen molar-refractivity contribution in [2.24, 2.45) is 11.8 Å². The number of phenolic OH excluding ortho intramolecular Hbond substituents is 1. The maximum Gasteiger partial charge on any atom is 0.204 e. The lowest BCUT2D eigenvalue weighted by molar-refractivity contribution is 0.320. The van der Waals surface area contributed by atoms with Crippen LogP contribution in [-0.2, 0) is 12.8 Å². The summed E-state index contributed by atoms with van der Waals surface area (Å²) < 4.78 is 28.9. The molecule has 0 unspecified atom stereocenters. The molecular formula is C23H29BrO6. The lowest BCUT2D eigenvalue weighted by atomic mass is 9.77. The Morgan fingerprint density at radius 3 is 1.87 bits per heavy atom. The molecule has 0 bridgehead atoms. The van der Waals surface area contributed by atoms with Crippen LogP contribution >= 0.6 is 15.9 Å². The van der Waals surface area contributed by atoms with E-state index < -0.39 is 0 Å². The molecule has 0 fully saturated rings. The van der Waals surface area contributed by atoms with Gasteiger partial charge in [-0.2, -0.15) is 0 Å². The molecule has 1 N–H and O–H groups in total. The van der Waals surface area contributed by atoms with Gasteiger partial charge in [0.15, 0.2) is 23.0 Å². The minimum Gasteiger partial charge on any atom is -0.504 e. The van der Waals surface area contributed by atoms with Crippen molar-refractivity contribution in [2.45, 2.75) is 26.7 Å². The smallest absolute Gasteiger partial charge is 0.204 e. The first-order chi connectivity index (χ1) is 14.3. The summed E-state index contributed by atoms with van der Waals surface area (Å²) in [5.41, 5.74) is 3.39. The average molecular weight is 481 g/mol. The van der Waals surface area contributed by atoms with E-state index in [0.29, 0.717) is 40.4 Å². The number of hydrogen-bond donors (Lipinski definition) is 1. The summed E-state index contributed by atoms with van der Waals surface area (Å²) >= 11 is 3.71. The van der Waals surface area contributed by atoms with E-state index in [0.717, 1.165) is 34.0 Å². The Labute approximate surface area is 186 Å². The predicted molar refractivity (Wildman–Crippen MR) is 120 cm³/mol. The van der Waals surface area contributed by atoms with E-state index in [4.69, 9.17) is 23.7 Å². The quantitative estimate of drug-likeness (QED) is 0.631. The first kappa shape index (κ1) is 22.4. The largest absolute Gasteiger partial charge is 0.504 e. The Hall–Kier alpha value is -2.28. The highest BCUT2D eigenvalue weighted by atomic mass is 79.9. The molecule has 1 aliphatic rings. The molecule has 164 valence electrons. The second-order valence-electron chi connectivity index (χ2n) is 7.62. The first-order valence-corrected chi connectivity index (χ1v) is 10.6. The highest BCUT2D eigenvalue weighted by molar-refractivity contribution is 9.10. The highest BCUT2D eigenvalue weighted by Crippen LogP contribution is 2.57. The number of halogens is 1. The van der Waals surface area contributed by atoms with Gasteiger partial charge < -0.3 is 28.8 Å². The molecule has 0 amide bonds. The van der Waals surface area contributed by atoms with Crippen LogP contribution in [0.15, 0.2) is 10.5 Å². The molecule has 0 heterocycles. The lowest BCUT2D eigenvalue weighted by Crippen LogP contribution is -2.18. The minimum absolute atomic E-state index is 0.0149. The number of methoxy groups -OCH3 is 5. The second kappa shape index (κ2) is 8.84. The number of rotatable bonds is 5. The normalized spacial score (nSPS) is 17.9. The fraction of sp³-hybridized carbons (Fsp3) is 0.478. The fourth-order valence-electron chi connectivity index (χ4n) is 4.26. The van der Waals surface area contributed by atoms with Crippen molar-refractivity contribution in [3.05, 3.63) is 21.7 Å². The SMILES string of the molecule is COc1cc2c(c(OC)c1OC)-c1c(O)c(OC)c(OC)c(Br)c1C[C@H](C)[C@H](C)C2. The molecule has 2 aromatic rings. The molecule has 1 aliphatic carbocycles. The van der Waals surface area contributed by atoms with Gasteiger partial charge in [-0.1, -0.05) is 13.8 Å². The van der Waals surface area contributed by atoms with Crippen LogP contribution in [0, 0.1) is 11.8 Å². The average Bonchev–Trinajstić information content (AvgIpc) is 2.74. The Morgan fingerprint density at radius 2 is 1.33 bits per heavy atom. The molecule has 0 saturated carbocycles. The Bertz CT molecular complexity index is 956. The van der Waals surface area contributed by atoms with Crippen LogP contribution in [0.2, 0.25) is 0 Å². The van der Waals surface area contributed by atoms with Crippen LogP contribution < -0.4 is 23.7 Å². The van der Waals surface area contributed by atoms with Crippen LogP contribution in [0.1, 0.15) is 25.0 Å². The predicted octanol–water partition coefficient (Wildman–Crippen LogP) is 5.24. The maximum absolute atomic E-state index is 11.3. The third-order valence-corrected chi connectivity index (χ3v) is 6.87. The number of aromatic hydroxyl groups is 1. The van der Waals surface area contributed by atoms with Gasteiger partial charge in [0, 0.05) is 11.1 Å². The van der Waals surface area contributed by atoms with Crippen molar-refractivity contribution in [3.8, 4) is 45.6 Å². The van der Waals surface area contributed by atoms with Crippen molar-refractivity contribution in [2.75, 3.05) is 35.5 Å². The summed E-state index contributed by atoms with van der Waals surface area (Å²) in [6.45, 7) is 4.45. The molecule has 7 heteroatoms. The molecule has 0 aliphatic heterocycles. The van der Waals surface area contributed by atoms with Gasteiger partial charge in [0.1, 0.15) is 0 Å². The lowest BCUT2D eigenvalue weighted by Gasteiger charge is -2.31. The molecule has 0 saturated heterocycles. The Morgan fingerprint density at radius 1 is 0.767 bits per heavy atom. The zero-order valence-electron chi connectivity index (χ0n) is 18.5. The van der Waals surface area contributed by atoms with Gasteiger partial charge in [-0.25, -0.2) is 0 Å². The fourth-order valence-corrected chi connectivity index (χ4v) is 4.96. The number of benzene rings is 2. The van der Waals surface area contributed by atoms with Gasteiger partial charge in [0.25, 0.3) is 0 Å². The molecular weight excluding hydrogens is 452 g/mol. The van der Waals surface area contributed by atoms with Gasteiger partial charge in [-0.3, -0.25) is 0 Å². The second-order valence-corrected chi connectivity index (χ2v) is 8.42. The molecule has 3 rings (SSSR count). The summed E-state index contributed by atoms with van der Waals surface area (Å²) in [6.07, 6.45) is 1.56. The van der Waals surface area contributed by atoms with Crippen molar-refractivity contribution in [3.63, 3.8) is 0 Å². The number of phenols is 1. The topological polar surface area (TPSA) is 66.4 Å². The molecule has 6 nitrogen and oxygen atoms in total. The van der Waals surface area contributed by atoms with Gasteiger partial charge in [0.2, 0.25) is 11.5 Å². The van der Waals surface area contributed by atoms with Crippen molar-refractivity contribution in [1.29, 1.82) is 0 Å². The third kappa shape index (κ3) is 3.43. The monoisotopic (exact) mass is 480 g/mol. The number of hydrogen-bond acceptors (Lipinski definition) is 6. The van der Waals surface area contributed by atoms with Crippen LogP contribution in [0.4, 0.5) is 0 Å². The van der Waals surface area contributed by atoms with E-state index in [1.165, 1.54) is 7.11 Å².